The zero-order valence-corrected chi connectivity index (χ0v) is 11.7. The molecule has 4 nitrogen and oxygen atoms in total. The van der Waals surface area contributed by atoms with Gasteiger partial charge in [0.15, 0.2) is 11.6 Å². The number of aryl methyl sites for hydroxylation is 2. The highest BCUT2D eigenvalue weighted by atomic mass is 79.9. The zero-order chi connectivity index (χ0) is 12.7. The van der Waals surface area contributed by atoms with E-state index in [1.54, 1.807) is 6.26 Å². The summed E-state index contributed by atoms with van der Waals surface area (Å²) in [7, 11) is 0. The van der Waals surface area contributed by atoms with Gasteiger partial charge in [0, 0.05) is 17.2 Å². The van der Waals surface area contributed by atoms with Gasteiger partial charge in [0.2, 0.25) is 0 Å². The predicted octanol–water partition coefficient (Wildman–Crippen LogP) is 3.78. The van der Waals surface area contributed by atoms with Crippen LogP contribution >= 0.6 is 15.9 Å². The van der Waals surface area contributed by atoms with E-state index in [0.717, 1.165) is 27.7 Å². The molecule has 0 spiro atoms. The van der Waals surface area contributed by atoms with Crippen molar-refractivity contribution < 1.29 is 4.42 Å². The predicted molar refractivity (Wildman–Crippen MR) is 73.3 cm³/mol. The SMILES string of the molecule is CCn1cc(Br)c2c(C)nc(-c3ccco3)nc21. The molecule has 0 aliphatic rings. The fraction of sp³-hybridized carbons (Fsp3) is 0.231. The van der Waals surface area contributed by atoms with Crippen molar-refractivity contribution in [3.8, 4) is 11.6 Å². The third kappa shape index (κ3) is 1.66. The number of aromatic nitrogens is 3. The molecule has 0 saturated heterocycles. The van der Waals surface area contributed by atoms with Crippen molar-refractivity contribution in [1.82, 2.24) is 14.5 Å². The minimum Gasteiger partial charge on any atom is -0.461 e. The van der Waals surface area contributed by atoms with Gasteiger partial charge in [0.25, 0.3) is 0 Å². The van der Waals surface area contributed by atoms with Crippen LogP contribution in [0.15, 0.2) is 33.5 Å². The first-order chi connectivity index (χ1) is 8.70. The lowest BCUT2D eigenvalue weighted by Crippen LogP contribution is -1.98. The summed E-state index contributed by atoms with van der Waals surface area (Å²) < 4.78 is 8.49. The maximum atomic E-state index is 5.36. The van der Waals surface area contributed by atoms with Crippen LogP contribution in [-0.4, -0.2) is 14.5 Å². The lowest BCUT2D eigenvalue weighted by atomic mass is 10.3. The second-order valence-electron chi connectivity index (χ2n) is 4.07. The standard InChI is InChI=1S/C13H12BrN3O/c1-3-17-7-9(14)11-8(2)15-12(16-13(11)17)10-5-4-6-18-10/h4-7H,3H2,1-2H3. The number of rotatable bonds is 2. The quantitative estimate of drug-likeness (QED) is 0.723. The Morgan fingerprint density at radius 1 is 1.39 bits per heavy atom. The minimum absolute atomic E-state index is 0.630. The van der Waals surface area contributed by atoms with Gasteiger partial charge in [-0.05, 0) is 41.9 Å². The summed E-state index contributed by atoms with van der Waals surface area (Å²) in [6.45, 7) is 4.95. The molecule has 3 rings (SSSR count). The first-order valence-corrected chi connectivity index (χ1v) is 6.57. The molecule has 92 valence electrons. The molecule has 0 bridgehead atoms. The molecule has 3 aromatic rings. The Labute approximate surface area is 113 Å². The highest BCUT2D eigenvalue weighted by molar-refractivity contribution is 9.10. The molecule has 18 heavy (non-hydrogen) atoms. The monoisotopic (exact) mass is 305 g/mol. The van der Waals surface area contributed by atoms with Gasteiger partial charge < -0.3 is 8.98 Å². The third-order valence-electron chi connectivity index (χ3n) is 2.93. The van der Waals surface area contributed by atoms with Crippen LogP contribution in [0.4, 0.5) is 0 Å². The van der Waals surface area contributed by atoms with Crippen molar-refractivity contribution in [2.45, 2.75) is 20.4 Å². The van der Waals surface area contributed by atoms with Crippen LogP contribution in [0.3, 0.4) is 0 Å². The fourth-order valence-corrected chi connectivity index (χ4v) is 2.78. The van der Waals surface area contributed by atoms with E-state index in [1.165, 1.54) is 0 Å². The second-order valence-corrected chi connectivity index (χ2v) is 4.93. The molecule has 0 atom stereocenters. The number of hydrogen-bond acceptors (Lipinski definition) is 3. The molecule has 0 aromatic carbocycles. The van der Waals surface area contributed by atoms with Gasteiger partial charge in [-0.2, -0.15) is 0 Å². The Kier molecular flexibility index (Phi) is 2.70. The molecule has 0 unspecified atom stereocenters. The fourth-order valence-electron chi connectivity index (χ4n) is 2.06. The largest absolute Gasteiger partial charge is 0.461 e. The topological polar surface area (TPSA) is 43.9 Å². The summed E-state index contributed by atoms with van der Waals surface area (Å²) in [5.74, 6) is 1.32. The van der Waals surface area contributed by atoms with Crippen LogP contribution < -0.4 is 0 Å². The maximum absolute atomic E-state index is 5.36. The van der Waals surface area contributed by atoms with Crippen LogP contribution in [0.25, 0.3) is 22.6 Å². The number of halogens is 1. The molecule has 0 amide bonds. The Hall–Kier alpha value is -1.62. The van der Waals surface area contributed by atoms with Gasteiger partial charge in [0.05, 0.1) is 17.3 Å². The summed E-state index contributed by atoms with van der Waals surface area (Å²) in [4.78, 5) is 9.10. The molecule has 3 aromatic heterocycles. The van der Waals surface area contributed by atoms with Gasteiger partial charge in [-0.3, -0.25) is 0 Å². The summed E-state index contributed by atoms with van der Waals surface area (Å²) in [6, 6.07) is 3.71. The Morgan fingerprint density at radius 2 is 2.22 bits per heavy atom. The Morgan fingerprint density at radius 3 is 2.89 bits per heavy atom. The molecule has 0 radical (unpaired) electrons. The Balaban J connectivity index is 2.32. The summed E-state index contributed by atoms with van der Waals surface area (Å²) in [5, 5.41) is 1.06. The minimum atomic E-state index is 0.630. The average molecular weight is 306 g/mol. The van der Waals surface area contributed by atoms with E-state index >= 15 is 0 Å². The normalized spacial score (nSPS) is 11.3. The maximum Gasteiger partial charge on any atom is 0.197 e. The van der Waals surface area contributed by atoms with E-state index in [2.05, 4.69) is 37.4 Å². The smallest absolute Gasteiger partial charge is 0.197 e. The lowest BCUT2D eigenvalue weighted by Gasteiger charge is -2.03. The van der Waals surface area contributed by atoms with E-state index in [4.69, 9.17) is 4.42 Å². The van der Waals surface area contributed by atoms with Crippen molar-refractivity contribution in [3.05, 3.63) is 34.8 Å². The third-order valence-corrected chi connectivity index (χ3v) is 3.53. The highest BCUT2D eigenvalue weighted by Crippen LogP contribution is 2.29. The van der Waals surface area contributed by atoms with Crippen molar-refractivity contribution in [2.75, 3.05) is 0 Å². The molecule has 5 heteroatoms. The number of nitrogens with zero attached hydrogens (tertiary/aromatic N) is 3. The zero-order valence-electron chi connectivity index (χ0n) is 10.1. The number of fused-ring (bicyclic) bond motifs is 1. The second kappa shape index (κ2) is 4.24. The van der Waals surface area contributed by atoms with Crippen LogP contribution in [0.5, 0.6) is 0 Å². The van der Waals surface area contributed by atoms with Crippen LogP contribution in [-0.2, 0) is 6.54 Å². The van der Waals surface area contributed by atoms with Gasteiger partial charge in [-0.15, -0.1) is 0 Å². The molecular weight excluding hydrogens is 294 g/mol. The van der Waals surface area contributed by atoms with Gasteiger partial charge >= 0.3 is 0 Å². The van der Waals surface area contributed by atoms with Crippen molar-refractivity contribution in [1.29, 1.82) is 0 Å². The van der Waals surface area contributed by atoms with Crippen molar-refractivity contribution >= 4 is 27.0 Å². The molecule has 0 N–H and O–H groups in total. The molecule has 0 fully saturated rings. The molecule has 0 saturated carbocycles. The van der Waals surface area contributed by atoms with E-state index in [9.17, 15) is 0 Å². The van der Waals surface area contributed by atoms with Gasteiger partial charge in [-0.25, -0.2) is 9.97 Å². The van der Waals surface area contributed by atoms with Crippen LogP contribution in [0, 0.1) is 6.92 Å². The summed E-state index contributed by atoms with van der Waals surface area (Å²) in [5.41, 5.74) is 1.88. The summed E-state index contributed by atoms with van der Waals surface area (Å²) in [6.07, 6.45) is 3.67. The molecular formula is C13H12BrN3O. The first kappa shape index (κ1) is 11.5. The molecule has 0 aliphatic carbocycles. The molecule has 0 aliphatic heterocycles. The van der Waals surface area contributed by atoms with Crippen molar-refractivity contribution in [3.63, 3.8) is 0 Å². The average Bonchev–Trinajstić information content (AvgIpc) is 2.97. The highest BCUT2D eigenvalue weighted by Gasteiger charge is 2.14. The molecule has 3 heterocycles. The number of hydrogen-bond donors (Lipinski definition) is 0. The Bertz CT molecular complexity index is 701. The number of furan rings is 1. The van der Waals surface area contributed by atoms with Crippen LogP contribution in [0.2, 0.25) is 0 Å². The van der Waals surface area contributed by atoms with E-state index in [0.29, 0.717) is 11.6 Å². The van der Waals surface area contributed by atoms with E-state index in [1.807, 2.05) is 25.3 Å². The van der Waals surface area contributed by atoms with E-state index in [-0.39, 0.29) is 0 Å². The summed E-state index contributed by atoms with van der Waals surface area (Å²) >= 11 is 3.56. The lowest BCUT2D eigenvalue weighted by molar-refractivity contribution is 0.577. The van der Waals surface area contributed by atoms with Gasteiger partial charge in [-0.1, -0.05) is 0 Å². The van der Waals surface area contributed by atoms with Crippen LogP contribution in [0.1, 0.15) is 12.6 Å². The van der Waals surface area contributed by atoms with Crippen molar-refractivity contribution in [2.24, 2.45) is 0 Å². The first-order valence-electron chi connectivity index (χ1n) is 5.77. The van der Waals surface area contributed by atoms with E-state index < -0.39 is 0 Å². The van der Waals surface area contributed by atoms with Gasteiger partial charge in [0.1, 0.15) is 5.65 Å².